The molecule has 0 unspecified atom stereocenters. The quantitative estimate of drug-likeness (QED) is 0.707. The van der Waals surface area contributed by atoms with Gasteiger partial charge in [-0.05, 0) is 26.0 Å². The molecule has 3 aromatic heterocycles. The Hall–Kier alpha value is -3.43. The van der Waals surface area contributed by atoms with Crippen LogP contribution in [0.2, 0.25) is 0 Å². The highest BCUT2D eigenvalue weighted by molar-refractivity contribution is 5.88. The van der Waals surface area contributed by atoms with Crippen LogP contribution in [0.15, 0.2) is 24.4 Å². The number of rotatable bonds is 4. The summed E-state index contributed by atoms with van der Waals surface area (Å²) in [5.74, 6) is -1.41. The highest BCUT2D eigenvalue weighted by Gasteiger charge is 2.21. The summed E-state index contributed by atoms with van der Waals surface area (Å²) in [4.78, 5) is 19.8. The Labute approximate surface area is 153 Å². The summed E-state index contributed by atoms with van der Waals surface area (Å²) in [5.41, 5.74) is 1.29. The average molecular weight is 373 g/mol. The number of amides is 1. The van der Waals surface area contributed by atoms with E-state index in [0.29, 0.717) is 17.1 Å². The van der Waals surface area contributed by atoms with Crippen molar-refractivity contribution in [3.63, 3.8) is 0 Å². The van der Waals surface area contributed by atoms with Gasteiger partial charge in [-0.2, -0.15) is 4.39 Å². The highest BCUT2D eigenvalue weighted by atomic mass is 19.1. The van der Waals surface area contributed by atoms with Crippen LogP contribution in [-0.2, 0) is 11.8 Å². The van der Waals surface area contributed by atoms with Gasteiger partial charge in [-0.15, -0.1) is 5.10 Å². The Kier molecular flexibility index (Phi) is 5.06. The molecular weight excluding hydrogens is 358 g/mol. The van der Waals surface area contributed by atoms with Crippen molar-refractivity contribution in [2.24, 2.45) is 7.05 Å². The maximum absolute atomic E-state index is 13.7. The molecular formula is C17H15F2N6O2. The zero-order chi connectivity index (χ0) is 19.6. The van der Waals surface area contributed by atoms with E-state index in [4.69, 9.17) is 4.74 Å². The summed E-state index contributed by atoms with van der Waals surface area (Å²) < 4.78 is 33.4. The smallest absolute Gasteiger partial charge is 0.413 e. The Morgan fingerprint density at radius 2 is 2.19 bits per heavy atom. The number of carbonyl (C=O) groups is 1. The normalized spacial score (nSPS) is 11.9. The average Bonchev–Trinajstić information content (AvgIpc) is 2.97. The number of carbonyl (C=O) groups excluding carboxylic acids is 1. The molecule has 0 aliphatic carbocycles. The van der Waals surface area contributed by atoms with Gasteiger partial charge in [0.25, 0.3) is 0 Å². The molecule has 0 aliphatic rings. The summed E-state index contributed by atoms with van der Waals surface area (Å²) >= 11 is 0. The van der Waals surface area contributed by atoms with Crippen molar-refractivity contribution < 1.29 is 18.3 Å². The van der Waals surface area contributed by atoms with Crippen molar-refractivity contribution in [1.82, 2.24) is 25.0 Å². The van der Waals surface area contributed by atoms with Gasteiger partial charge >= 0.3 is 6.09 Å². The summed E-state index contributed by atoms with van der Waals surface area (Å²) in [7, 11) is 1.58. The van der Waals surface area contributed by atoms with Gasteiger partial charge in [-0.3, -0.25) is 10.3 Å². The molecule has 1 atom stereocenters. The molecule has 0 fully saturated rings. The molecule has 1 radical (unpaired) electrons. The lowest BCUT2D eigenvalue weighted by molar-refractivity contribution is 0.118. The monoisotopic (exact) mass is 373 g/mol. The predicted molar refractivity (Wildman–Crippen MR) is 90.5 cm³/mol. The summed E-state index contributed by atoms with van der Waals surface area (Å²) in [5, 5.41) is 10.4. The zero-order valence-electron chi connectivity index (χ0n) is 14.7. The van der Waals surface area contributed by atoms with E-state index >= 15 is 0 Å². The van der Waals surface area contributed by atoms with Gasteiger partial charge in [-0.1, -0.05) is 11.3 Å². The molecule has 0 aliphatic heterocycles. The number of anilines is 1. The van der Waals surface area contributed by atoms with Gasteiger partial charge < -0.3 is 4.74 Å². The number of aromatic nitrogens is 5. The van der Waals surface area contributed by atoms with Crippen molar-refractivity contribution in [2.75, 3.05) is 5.32 Å². The van der Waals surface area contributed by atoms with Crippen LogP contribution < -0.4 is 5.32 Å². The first-order chi connectivity index (χ1) is 12.8. The lowest BCUT2D eigenvalue weighted by Crippen LogP contribution is -2.19. The van der Waals surface area contributed by atoms with Gasteiger partial charge in [0.2, 0.25) is 5.95 Å². The Morgan fingerprint density at radius 3 is 2.93 bits per heavy atom. The molecule has 1 N–H and O–H groups in total. The van der Waals surface area contributed by atoms with Crippen molar-refractivity contribution in [2.45, 2.75) is 20.0 Å². The van der Waals surface area contributed by atoms with Crippen LogP contribution in [0, 0.1) is 24.8 Å². The molecule has 0 aromatic carbocycles. The minimum atomic E-state index is -1.07. The third-order valence-electron chi connectivity index (χ3n) is 3.67. The largest absolute Gasteiger partial charge is 0.441 e. The molecule has 0 saturated carbocycles. The minimum Gasteiger partial charge on any atom is -0.441 e. The summed E-state index contributed by atoms with van der Waals surface area (Å²) in [6, 6.07) is 7.18. The van der Waals surface area contributed by atoms with Crippen LogP contribution in [-0.4, -0.2) is 31.1 Å². The van der Waals surface area contributed by atoms with Gasteiger partial charge in [0.1, 0.15) is 11.9 Å². The van der Waals surface area contributed by atoms with Crippen LogP contribution in [0.25, 0.3) is 11.4 Å². The molecule has 8 nitrogen and oxygen atoms in total. The van der Waals surface area contributed by atoms with E-state index in [1.54, 1.807) is 26.1 Å². The molecule has 3 heterocycles. The first-order valence-corrected chi connectivity index (χ1v) is 7.89. The third-order valence-corrected chi connectivity index (χ3v) is 3.67. The number of halogens is 2. The fraction of sp³-hybridized carbons (Fsp3) is 0.235. The first kappa shape index (κ1) is 18.4. The molecule has 0 bridgehead atoms. The molecule has 10 heteroatoms. The Balaban J connectivity index is 1.79. The fourth-order valence-corrected chi connectivity index (χ4v) is 2.37. The second-order valence-electron chi connectivity index (χ2n) is 5.68. The SMILES string of the molecule is Cc1[c]ccc(-c2nnn(C)c2NC(=O)O[C@H](C)c2cc(F)cnc2F)n1. The highest BCUT2D eigenvalue weighted by Crippen LogP contribution is 2.25. The number of hydrogen-bond acceptors (Lipinski definition) is 6. The molecule has 0 spiro atoms. The third kappa shape index (κ3) is 4.05. The number of ether oxygens (including phenoxy) is 1. The summed E-state index contributed by atoms with van der Waals surface area (Å²) in [6.07, 6.45) is -1.22. The standard InChI is InChI=1S/C17H15F2N6O2/c1-9-5-4-6-13(21-9)14-16(25(3)24-23-14)22-17(26)27-10(2)12-7-11(18)8-20-15(12)19/h4,6-8,10H,1-3H3,(H,22,26)/t10-/m1/s1. The lowest BCUT2D eigenvalue weighted by atomic mass is 10.2. The van der Waals surface area contributed by atoms with Crippen LogP contribution in [0.5, 0.6) is 0 Å². The van der Waals surface area contributed by atoms with E-state index in [2.05, 4.69) is 31.7 Å². The maximum Gasteiger partial charge on any atom is 0.413 e. The van der Waals surface area contributed by atoms with E-state index in [0.717, 1.165) is 12.3 Å². The summed E-state index contributed by atoms with van der Waals surface area (Å²) in [6.45, 7) is 3.17. The predicted octanol–water partition coefficient (Wildman–Crippen LogP) is 2.97. The minimum absolute atomic E-state index is 0.176. The van der Waals surface area contributed by atoms with Crippen molar-refractivity contribution in [3.8, 4) is 11.4 Å². The van der Waals surface area contributed by atoms with Gasteiger partial charge in [0, 0.05) is 18.8 Å². The van der Waals surface area contributed by atoms with Gasteiger partial charge in [0.15, 0.2) is 11.5 Å². The zero-order valence-corrected chi connectivity index (χ0v) is 14.7. The fourth-order valence-electron chi connectivity index (χ4n) is 2.37. The molecule has 0 saturated heterocycles. The van der Waals surface area contributed by atoms with Crippen LogP contribution in [0.3, 0.4) is 0 Å². The lowest BCUT2D eigenvalue weighted by Gasteiger charge is -2.15. The molecule has 27 heavy (non-hydrogen) atoms. The second kappa shape index (κ2) is 7.44. The number of nitrogens with one attached hydrogen (secondary N) is 1. The van der Waals surface area contributed by atoms with Crippen LogP contribution in [0.4, 0.5) is 19.4 Å². The number of aryl methyl sites for hydroxylation is 2. The Morgan fingerprint density at radius 1 is 1.41 bits per heavy atom. The number of hydrogen-bond donors (Lipinski definition) is 1. The van der Waals surface area contributed by atoms with E-state index in [1.807, 2.05) is 0 Å². The molecule has 3 rings (SSSR count). The number of nitrogens with zero attached hydrogens (tertiary/aromatic N) is 5. The van der Waals surface area contributed by atoms with E-state index < -0.39 is 24.0 Å². The van der Waals surface area contributed by atoms with Crippen molar-refractivity contribution >= 4 is 11.9 Å². The van der Waals surface area contributed by atoms with E-state index in [9.17, 15) is 13.6 Å². The number of pyridine rings is 2. The van der Waals surface area contributed by atoms with Crippen molar-refractivity contribution in [1.29, 1.82) is 0 Å². The first-order valence-electron chi connectivity index (χ1n) is 7.89. The van der Waals surface area contributed by atoms with Crippen LogP contribution in [0.1, 0.15) is 24.3 Å². The second-order valence-corrected chi connectivity index (χ2v) is 5.68. The molecule has 3 aromatic rings. The topological polar surface area (TPSA) is 94.8 Å². The van der Waals surface area contributed by atoms with Crippen LogP contribution >= 0.6 is 0 Å². The van der Waals surface area contributed by atoms with E-state index in [-0.39, 0.29) is 11.4 Å². The molecule has 1 amide bonds. The van der Waals surface area contributed by atoms with Crippen molar-refractivity contribution in [3.05, 3.63) is 53.5 Å². The van der Waals surface area contributed by atoms with Gasteiger partial charge in [0.05, 0.1) is 17.5 Å². The van der Waals surface area contributed by atoms with Gasteiger partial charge in [-0.25, -0.2) is 18.9 Å². The molecule has 139 valence electrons. The maximum atomic E-state index is 13.7. The van der Waals surface area contributed by atoms with E-state index in [1.165, 1.54) is 11.6 Å². The Bertz CT molecular complexity index is 991.